The summed E-state index contributed by atoms with van der Waals surface area (Å²) in [5.74, 6) is -1.16. The van der Waals surface area contributed by atoms with Crippen molar-refractivity contribution in [1.82, 2.24) is 5.01 Å². The summed E-state index contributed by atoms with van der Waals surface area (Å²) in [5, 5.41) is 13.5. The predicted molar refractivity (Wildman–Crippen MR) is 56.8 cm³/mol. The van der Waals surface area contributed by atoms with Gasteiger partial charge in [0.2, 0.25) is 5.90 Å². The molecule has 0 aliphatic carbocycles. The van der Waals surface area contributed by atoms with Gasteiger partial charge in [-0.25, -0.2) is 5.01 Å². The van der Waals surface area contributed by atoms with Crippen molar-refractivity contribution in [2.75, 3.05) is 6.54 Å². The average molecular weight is 228 g/mol. The third-order valence-electron chi connectivity index (χ3n) is 2.03. The lowest BCUT2D eigenvalue weighted by molar-refractivity contribution is -0.150. The lowest BCUT2D eigenvalue weighted by atomic mass is 9.96. The molecular weight excluding hydrogens is 212 g/mol. The van der Waals surface area contributed by atoms with Crippen LogP contribution in [0.2, 0.25) is 0 Å². The van der Waals surface area contributed by atoms with Gasteiger partial charge in [0.05, 0.1) is 0 Å². The summed E-state index contributed by atoms with van der Waals surface area (Å²) in [6.07, 6.45) is -0.689. The molecule has 0 aromatic heterocycles. The van der Waals surface area contributed by atoms with Gasteiger partial charge in [0.25, 0.3) is 5.91 Å². The Balaban J connectivity index is 2.97. The molecule has 0 spiro atoms. The predicted octanol–water partition coefficient (Wildman–Crippen LogP) is 0.678. The first kappa shape index (κ1) is 12.5. The molecule has 6 nitrogen and oxygen atoms in total. The van der Waals surface area contributed by atoms with Gasteiger partial charge in [-0.15, -0.1) is 5.10 Å². The first-order valence-electron chi connectivity index (χ1n) is 5.00. The minimum absolute atomic E-state index is 0.355. The zero-order chi connectivity index (χ0) is 12.5. The summed E-state index contributed by atoms with van der Waals surface area (Å²) >= 11 is 0. The second-order valence-electron chi connectivity index (χ2n) is 4.70. The van der Waals surface area contributed by atoms with E-state index < -0.39 is 24.5 Å². The molecule has 1 heterocycles. The monoisotopic (exact) mass is 228 g/mol. The number of nitrogens with zero attached hydrogens (tertiary/aromatic N) is 2. The van der Waals surface area contributed by atoms with Gasteiger partial charge in [0.1, 0.15) is 6.54 Å². The molecule has 1 atom stereocenters. The molecule has 0 fully saturated rings. The second kappa shape index (κ2) is 4.11. The molecule has 90 valence electrons. The minimum Gasteiger partial charge on any atom is -0.480 e. The fourth-order valence-corrected chi connectivity index (χ4v) is 1.18. The zero-order valence-electron chi connectivity index (χ0n) is 9.85. The topological polar surface area (TPSA) is 79.2 Å². The smallest absolute Gasteiger partial charge is 0.325 e. The number of ether oxygens (including phenoxy) is 1. The van der Waals surface area contributed by atoms with Crippen molar-refractivity contribution in [2.45, 2.75) is 33.8 Å². The van der Waals surface area contributed by atoms with E-state index in [4.69, 9.17) is 9.84 Å². The fraction of sp³-hybridized carbons (Fsp3) is 0.700. The number of carbonyl (C=O) groups is 2. The minimum atomic E-state index is -1.10. The Hall–Kier alpha value is -1.59. The first-order chi connectivity index (χ1) is 7.21. The van der Waals surface area contributed by atoms with Gasteiger partial charge in [0.15, 0.2) is 6.10 Å². The number of rotatable bonds is 2. The number of amides is 1. The Kier molecular flexibility index (Phi) is 3.21. The van der Waals surface area contributed by atoms with Crippen LogP contribution >= 0.6 is 0 Å². The van der Waals surface area contributed by atoms with Crippen LogP contribution in [0, 0.1) is 5.41 Å². The maximum Gasteiger partial charge on any atom is 0.325 e. The van der Waals surface area contributed by atoms with Crippen molar-refractivity contribution in [3.8, 4) is 0 Å². The van der Waals surface area contributed by atoms with Gasteiger partial charge >= 0.3 is 5.97 Å². The van der Waals surface area contributed by atoms with Crippen LogP contribution < -0.4 is 0 Å². The van der Waals surface area contributed by atoms with Gasteiger partial charge in [0, 0.05) is 5.41 Å². The van der Waals surface area contributed by atoms with E-state index in [1.165, 1.54) is 0 Å². The van der Waals surface area contributed by atoms with Crippen LogP contribution in [0.1, 0.15) is 27.7 Å². The number of hydrogen-bond acceptors (Lipinski definition) is 4. The van der Waals surface area contributed by atoms with Crippen LogP contribution in [0.15, 0.2) is 5.10 Å². The molecule has 1 aliphatic heterocycles. The maximum absolute atomic E-state index is 11.6. The average Bonchev–Trinajstić information content (AvgIpc) is 2.10. The van der Waals surface area contributed by atoms with Gasteiger partial charge in [-0.05, 0) is 6.92 Å². The van der Waals surface area contributed by atoms with E-state index in [0.717, 1.165) is 5.01 Å². The number of hydrogen-bond donors (Lipinski definition) is 1. The molecule has 1 N–H and O–H groups in total. The van der Waals surface area contributed by atoms with E-state index in [0.29, 0.717) is 5.90 Å². The molecule has 16 heavy (non-hydrogen) atoms. The highest BCUT2D eigenvalue weighted by Crippen LogP contribution is 2.22. The zero-order valence-corrected chi connectivity index (χ0v) is 9.85. The Morgan fingerprint density at radius 2 is 2.12 bits per heavy atom. The summed E-state index contributed by atoms with van der Waals surface area (Å²) in [7, 11) is 0. The van der Waals surface area contributed by atoms with E-state index in [9.17, 15) is 9.59 Å². The molecule has 0 aromatic rings. The Bertz CT molecular complexity index is 343. The normalized spacial score (nSPS) is 21.5. The van der Waals surface area contributed by atoms with E-state index in [1.54, 1.807) is 6.92 Å². The van der Waals surface area contributed by atoms with Gasteiger partial charge in [-0.3, -0.25) is 9.59 Å². The molecule has 1 rings (SSSR count). The maximum atomic E-state index is 11.6. The molecule has 0 saturated heterocycles. The first-order valence-corrected chi connectivity index (χ1v) is 5.00. The van der Waals surface area contributed by atoms with E-state index in [-0.39, 0.29) is 5.41 Å². The largest absolute Gasteiger partial charge is 0.480 e. The molecule has 1 aliphatic rings. The molecule has 0 radical (unpaired) electrons. The van der Waals surface area contributed by atoms with Crippen LogP contribution in [0.5, 0.6) is 0 Å². The molecule has 0 saturated carbocycles. The van der Waals surface area contributed by atoms with E-state index in [1.807, 2.05) is 20.8 Å². The van der Waals surface area contributed by atoms with Crippen molar-refractivity contribution < 1.29 is 19.4 Å². The number of carbonyl (C=O) groups excluding carboxylic acids is 1. The molecule has 1 unspecified atom stereocenters. The van der Waals surface area contributed by atoms with E-state index in [2.05, 4.69) is 5.10 Å². The molecule has 0 bridgehead atoms. The lowest BCUT2D eigenvalue weighted by Crippen LogP contribution is -2.47. The Morgan fingerprint density at radius 3 is 2.56 bits per heavy atom. The van der Waals surface area contributed by atoms with Crippen molar-refractivity contribution in [2.24, 2.45) is 10.5 Å². The van der Waals surface area contributed by atoms with Crippen LogP contribution in [0.3, 0.4) is 0 Å². The van der Waals surface area contributed by atoms with Gasteiger partial charge in [-0.1, -0.05) is 20.8 Å². The second-order valence-corrected chi connectivity index (χ2v) is 4.70. The quantitative estimate of drug-likeness (QED) is 0.753. The third kappa shape index (κ3) is 2.71. The number of hydrazone groups is 1. The highest BCUT2D eigenvalue weighted by atomic mass is 16.5. The summed E-state index contributed by atoms with van der Waals surface area (Å²) in [5.41, 5.74) is -0.355. The number of carboxylic acid groups (broad SMARTS) is 1. The summed E-state index contributed by atoms with van der Waals surface area (Å²) in [4.78, 5) is 22.1. The summed E-state index contributed by atoms with van der Waals surface area (Å²) in [6, 6.07) is 0. The van der Waals surface area contributed by atoms with Crippen molar-refractivity contribution in [3.05, 3.63) is 0 Å². The number of aliphatic carboxylic acids is 1. The highest BCUT2D eigenvalue weighted by molar-refractivity contribution is 5.92. The highest BCUT2D eigenvalue weighted by Gasteiger charge is 2.34. The van der Waals surface area contributed by atoms with Crippen LogP contribution in [-0.4, -0.2) is 40.5 Å². The van der Waals surface area contributed by atoms with Crippen LogP contribution in [0.4, 0.5) is 0 Å². The summed E-state index contributed by atoms with van der Waals surface area (Å²) in [6.45, 7) is 6.79. The Labute approximate surface area is 93.9 Å². The molecule has 6 heteroatoms. The van der Waals surface area contributed by atoms with Crippen molar-refractivity contribution >= 4 is 17.8 Å². The third-order valence-corrected chi connectivity index (χ3v) is 2.03. The molecule has 1 amide bonds. The molecular formula is C10H16N2O4. The standard InChI is InChI=1S/C10H16N2O4/c1-6-8(15)12(5-7(13)14)11-9(16-6)10(2,3)4/h6H,5H2,1-4H3,(H,13,14). The van der Waals surface area contributed by atoms with Gasteiger partial charge < -0.3 is 9.84 Å². The number of carboxylic acids is 1. The Morgan fingerprint density at radius 1 is 1.56 bits per heavy atom. The lowest BCUT2D eigenvalue weighted by Gasteiger charge is -2.32. The van der Waals surface area contributed by atoms with Crippen molar-refractivity contribution in [3.63, 3.8) is 0 Å². The SMILES string of the molecule is CC1OC(C(C)(C)C)=NN(CC(=O)O)C1=O. The van der Waals surface area contributed by atoms with Gasteiger partial charge in [-0.2, -0.15) is 0 Å². The van der Waals surface area contributed by atoms with Crippen LogP contribution in [-0.2, 0) is 14.3 Å². The summed E-state index contributed by atoms with van der Waals surface area (Å²) < 4.78 is 5.34. The fourth-order valence-electron chi connectivity index (χ4n) is 1.18. The van der Waals surface area contributed by atoms with Crippen LogP contribution in [0.25, 0.3) is 0 Å². The molecule has 0 aromatic carbocycles. The van der Waals surface area contributed by atoms with Crippen molar-refractivity contribution in [1.29, 1.82) is 0 Å². The van der Waals surface area contributed by atoms with E-state index >= 15 is 0 Å².